The van der Waals surface area contributed by atoms with E-state index in [9.17, 15) is 4.79 Å². The molecule has 18 heavy (non-hydrogen) atoms. The minimum atomic E-state index is -0.556. The molecule has 0 bridgehead atoms. The lowest BCUT2D eigenvalue weighted by Gasteiger charge is -2.30. The fourth-order valence-electron chi connectivity index (χ4n) is 1.64. The van der Waals surface area contributed by atoms with E-state index in [1.807, 2.05) is 58.9 Å². The van der Waals surface area contributed by atoms with E-state index in [1.54, 1.807) is 7.11 Å². The molecule has 1 amide bonds. The van der Waals surface area contributed by atoms with Gasteiger partial charge in [0.25, 0.3) is 0 Å². The third-order valence-corrected chi connectivity index (χ3v) is 2.87. The molecular weight excluding hydrogens is 226 g/mol. The first-order valence-electron chi connectivity index (χ1n) is 6.14. The van der Waals surface area contributed by atoms with E-state index < -0.39 is 5.41 Å². The lowest BCUT2D eigenvalue weighted by atomic mass is 9.83. The molecule has 3 nitrogen and oxygen atoms in total. The van der Waals surface area contributed by atoms with Crippen molar-refractivity contribution >= 4 is 5.91 Å². The number of hydrogen-bond donors (Lipinski definition) is 1. The van der Waals surface area contributed by atoms with E-state index in [4.69, 9.17) is 4.74 Å². The number of rotatable bonds is 3. The van der Waals surface area contributed by atoms with E-state index >= 15 is 0 Å². The summed E-state index contributed by atoms with van der Waals surface area (Å²) in [5.41, 5.74) is 0.199. The second-order valence-corrected chi connectivity index (χ2v) is 6.06. The van der Waals surface area contributed by atoms with Gasteiger partial charge in [-0.3, -0.25) is 4.79 Å². The van der Waals surface area contributed by atoms with Gasteiger partial charge in [0.05, 0.1) is 12.5 Å². The third kappa shape index (κ3) is 3.49. The normalized spacial score (nSPS) is 12.1. The predicted octanol–water partition coefficient (Wildman–Crippen LogP) is 2.89. The van der Waals surface area contributed by atoms with Crippen molar-refractivity contribution in [3.05, 3.63) is 29.8 Å². The average molecular weight is 249 g/mol. The molecule has 3 heteroatoms. The molecule has 0 saturated heterocycles. The zero-order valence-corrected chi connectivity index (χ0v) is 12.1. The van der Waals surface area contributed by atoms with Gasteiger partial charge in [-0.25, -0.2) is 0 Å². The molecule has 1 rings (SSSR count). The van der Waals surface area contributed by atoms with Crippen LogP contribution in [0.4, 0.5) is 0 Å². The van der Waals surface area contributed by atoms with Gasteiger partial charge in [0.1, 0.15) is 5.75 Å². The molecule has 100 valence electrons. The number of carbonyl (C=O) groups excluding carboxylic acids is 1. The van der Waals surface area contributed by atoms with Crippen LogP contribution in [0.3, 0.4) is 0 Å². The lowest BCUT2D eigenvalue weighted by Crippen LogP contribution is -2.48. The number of benzene rings is 1. The standard InChI is InChI=1S/C15H23NO2/c1-14(2,3)16-13(17)15(4,5)11-7-9-12(18-6)10-8-11/h7-10H,1-6H3,(H,16,17). The van der Waals surface area contributed by atoms with Crippen molar-refractivity contribution in [3.63, 3.8) is 0 Å². The van der Waals surface area contributed by atoms with Crippen LogP contribution in [0.25, 0.3) is 0 Å². The van der Waals surface area contributed by atoms with Crippen LogP contribution in [-0.4, -0.2) is 18.6 Å². The van der Waals surface area contributed by atoms with Gasteiger partial charge in [0.15, 0.2) is 0 Å². The topological polar surface area (TPSA) is 38.3 Å². The molecule has 0 aliphatic rings. The minimum Gasteiger partial charge on any atom is -0.497 e. The highest BCUT2D eigenvalue weighted by atomic mass is 16.5. The van der Waals surface area contributed by atoms with Crippen LogP contribution in [0, 0.1) is 0 Å². The van der Waals surface area contributed by atoms with Crippen LogP contribution in [-0.2, 0) is 10.2 Å². The quantitative estimate of drug-likeness (QED) is 0.894. The van der Waals surface area contributed by atoms with Crippen LogP contribution in [0.2, 0.25) is 0 Å². The number of hydrogen-bond acceptors (Lipinski definition) is 2. The summed E-state index contributed by atoms with van der Waals surface area (Å²) < 4.78 is 5.12. The summed E-state index contributed by atoms with van der Waals surface area (Å²) in [7, 11) is 1.63. The first-order chi connectivity index (χ1) is 8.16. The molecule has 0 saturated carbocycles. The van der Waals surface area contributed by atoms with Crippen molar-refractivity contribution in [2.45, 2.75) is 45.6 Å². The van der Waals surface area contributed by atoms with Crippen LogP contribution in [0.1, 0.15) is 40.2 Å². The smallest absolute Gasteiger partial charge is 0.230 e. The first-order valence-corrected chi connectivity index (χ1v) is 6.14. The molecule has 0 aromatic heterocycles. The first kappa shape index (κ1) is 14.6. The second-order valence-electron chi connectivity index (χ2n) is 6.06. The molecule has 0 unspecified atom stereocenters. The molecule has 0 atom stereocenters. The molecule has 0 fully saturated rings. The van der Waals surface area contributed by atoms with Gasteiger partial charge in [-0.15, -0.1) is 0 Å². The Kier molecular flexibility index (Phi) is 4.05. The van der Waals surface area contributed by atoms with Crippen LogP contribution >= 0.6 is 0 Å². The number of amides is 1. The molecule has 1 N–H and O–H groups in total. The average Bonchev–Trinajstić information content (AvgIpc) is 2.27. The largest absolute Gasteiger partial charge is 0.497 e. The monoisotopic (exact) mass is 249 g/mol. The van der Waals surface area contributed by atoms with E-state index in [0.29, 0.717) is 0 Å². The summed E-state index contributed by atoms with van der Waals surface area (Å²) in [4.78, 5) is 12.3. The van der Waals surface area contributed by atoms with Crippen molar-refractivity contribution in [1.82, 2.24) is 5.32 Å². The van der Waals surface area contributed by atoms with E-state index in [2.05, 4.69) is 5.32 Å². The maximum atomic E-state index is 12.3. The highest BCUT2D eigenvalue weighted by molar-refractivity contribution is 5.87. The second kappa shape index (κ2) is 5.01. The fraction of sp³-hybridized carbons (Fsp3) is 0.533. The summed E-state index contributed by atoms with van der Waals surface area (Å²) in [5.74, 6) is 0.825. The Morgan fingerprint density at radius 1 is 1.06 bits per heavy atom. The van der Waals surface area contributed by atoms with Gasteiger partial charge in [-0.1, -0.05) is 12.1 Å². The molecular formula is C15H23NO2. The Morgan fingerprint density at radius 3 is 1.94 bits per heavy atom. The van der Waals surface area contributed by atoms with Gasteiger partial charge >= 0.3 is 0 Å². The molecule has 1 aromatic carbocycles. The summed E-state index contributed by atoms with van der Waals surface area (Å²) >= 11 is 0. The molecule has 0 aliphatic carbocycles. The number of carbonyl (C=O) groups is 1. The molecule has 0 radical (unpaired) electrons. The maximum absolute atomic E-state index is 12.3. The van der Waals surface area contributed by atoms with Gasteiger partial charge in [-0.2, -0.15) is 0 Å². The molecule has 0 heterocycles. The van der Waals surface area contributed by atoms with Gasteiger partial charge in [-0.05, 0) is 52.3 Å². The highest BCUT2D eigenvalue weighted by Gasteiger charge is 2.31. The van der Waals surface area contributed by atoms with Gasteiger partial charge < -0.3 is 10.1 Å². The summed E-state index contributed by atoms with van der Waals surface area (Å²) in [6.45, 7) is 9.80. The Morgan fingerprint density at radius 2 is 1.56 bits per heavy atom. The summed E-state index contributed by atoms with van der Waals surface area (Å²) in [5, 5.41) is 3.02. The SMILES string of the molecule is COc1ccc(C(C)(C)C(=O)NC(C)(C)C)cc1. The van der Waals surface area contributed by atoms with E-state index in [1.165, 1.54) is 0 Å². The molecule has 0 spiro atoms. The third-order valence-electron chi connectivity index (χ3n) is 2.87. The summed E-state index contributed by atoms with van der Waals surface area (Å²) in [6.07, 6.45) is 0. The molecule has 1 aromatic rings. The van der Waals surface area contributed by atoms with Crippen molar-refractivity contribution in [2.24, 2.45) is 0 Å². The number of nitrogens with one attached hydrogen (secondary N) is 1. The van der Waals surface area contributed by atoms with Crippen molar-refractivity contribution in [3.8, 4) is 5.75 Å². The van der Waals surface area contributed by atoms with Crippen molar-refractivity contribution in [1.29, 1.82) is 0 Å². The Labute approximate surface area is 110 Å². The van der Waals surface area contributed by atoms with E-state index in [-0.39, 0.29) is 11.4 Å². The van der Waals surface area contributed by atoms with Crippen LogP contribution in [0.5, 0.6) is 5.75 Å². The van der Waals surface area contributed by atoms with Crippen molar-refractivity contribution < 1.29 is 9.53 Å². The zero-order chi connectivity index (χ0) is 14.0. The minimum absolute atomic E-state index is 0.0279. The Balaban J connectivity index is 2.94. The Bertz CT molecular complexity index is 413. The fourth-order valence-corrected chi connectivity index (χ4v) is 1.64. The van der Waals surface area contributed by atoms with Gasteiger partial charge in [0.2, 0.25) is 5.91 Å². The van der Waals surface area contributed by atoms with E-state index in [0.717, 1.165) is 11.3 Å². The summed E-state index contributed by atoms with van der Waals surface area (Å²) in [6, 6.07) is 7.62. The van der Waals surface area contributed by atoms with Gasteiger partial charge in [0, 0.05) is 5.54 Å². The maximum Gasteiger partial charge on any atom is 0.230 e. The van der Waals surface area contributed by atoms with Crippen molar-refractivity contribution in [2.75, 3.05) is 7.11 Å². The molecule has 0 aliphatic heterocycles. The van der Waals surface area contributed by atoms with Crippen LogP contribution < -0.4 is 10.1 Å². The highest BCUT2D eigenvalue weighted by Crippen LogP contribution is 2.26. The lowest BCUT2D eigenvalue weighted by molar-refractivity contribution is -0.127. The Hall–Kier alpha value is -1.51. The number of ether oxygens (including phenoxy) is 1. The van der Waals surface area contributed by atoms with Crippen LogP contribution in [0.15, 0.2) is 24.3 Å². The predicted molar refractivity (Wildman–Crippen MR) is 73.9 cm³/mol. The zero-order valence-electron chi connectivity index (χ0n) is 12.1. The number of methoxy groups -OCH3 is 1.